The number of aromatic amines is 1. The second kappa shape index (κ2) is 5.71. The van der Waals surface area contributed by atoms with Crippen LogP contribution in [-0.2, 0) is 11.2 Å². The van der Waals surface area contributed by atoms with E-state index in [-0.39, 0.29) is 5.91 Å². The fraction of sp³-hybridized carbons (Fsp3) is 0.118. The molecule has 106 valence electrons. The van der Waals surface area contributed by atoms with Crippen molar-refractivity contribution >= 4 is 22.5 Å². The molecule has 4 heteroatoms. The van der Waals surface area contributed by atoms with Gasteiger partial charge in [0.2, 0.25) is 5.91 Å². The first-order chi connectivity index (χ1) is 10.2. The van der Waals surface area contributed by atoms with E-state index in [0.717, 1.165) is 22.3 Å². The fourth-order valence-corrected chi connectivity index (χ4v) is 2.34. The van der Waals surface area contributed by atoms with Crippen LogP contribution in [0.1, 0.15) is 5.69 Å². The van der Waals surface area contributed by atoms with Crippen LogP contribution in [0.3, 0.4) is 0 Å². The predicted octanol–water partition coefficient (Wildman–Crippen LogP) is 2.88. The van der Waals surface area contributed by atoms with Crippen LogP contribution in [-0.4, -0.2) is 17.9 Å². The van der Waals surface area contributed by atoms with Gasteiger partial charge in [-0.2, -0.15) is 0 Å². The average Bonchev–Trinajstić information content (AvgIpc) is 2.90. The van der Waals surface area contributed by atoms with Gasteiger partial charge in [0.05, 0.1) is 12.1 Å². The first-order valence-electron chi connectivity index (χ1n) is 6.87. The lowest BCUT2D eigenvalue weighted by atomic mass is 10.2. The highest BCUT2D eigenvalue weighted by molar-refractivity contribution is 5.84. The van der Waals surface area contributed by atoms with E-state index in [9.17, 15) is 4.79 Å². The van der Waals surface area contributed by atoms with Crippen molar-refractivity contribution in [2.75, 3.05) is 12.1 Å². The van der Waals surface area contributed by atoms with Crippen molar-refractivity contribution in [2.24, 2.45) is 0 Å². The van der Waals surface area contributed by atoms with Gasteiger partial charge in [-0.1, -0.05) is 36.4 Å². The lowest BCUT2D eigenvalue weighted by Gasteiger charge is -2.19. The maximum absolute atomic E-state index is 12.1. The van der Waals surface area contributed by atoms with E-state index in [1.165, 1.54) is 0 Å². The van der Waals surface area contributed by atoms with Gasteiger partial charge in [0, 0.05) is 18.3 Å². The molecule has 2 N–H and O–H groups in total. The zero-order valence-corrected chi connectivity index (χ0v) is 11.8. The number of aromatic nitrogens is 1. The maximum Gasteiger partial charge on any atom is 0.244 e. The number of carbonyl (C=O) groups is 1. The smallest absolute Gasteiger partial charge is 0.244 e. The summed E-state index contributed by atoms with van der Waals surface area (Å²) in [6.07, 6.45) is 0.325. The van der Waals surface area contributed by atoms with Crippen LogP contribution < -0.4 is 10.4 Å². The van der Waals surface area contributed by atoms with Crippen LogP contribution in [0.5, 0.6) is 0 Å². The summed E-state index contributed by atoms with van der Waals surface area (Å²) in [5.74, 6) is -0.0482. The highest BCUT2D eigenvalue weighted by atomic mass is 16.2. The molecule has 1 aromatic heterocycles. The summed E-state index contributed by atoms with van der Waals surface area (Å²) in [5.41, 5.74) is 5.77. The molecule has 4 nitrogen and oxygen atoms in total. The summed E-state index contributed by atoms with van der Waals surface area (Å²) in [6.45, 7) is 0. The van der Waals surface area contributed by atoms with Crippen LogP contribution in [0.15, 0.2) is 60.7 Å². The van der Waals surface area contributed by atoms with Crippen molar-refractivity contribution in [3.63, 3.8) is 0 Å². The van der Waals surface area contributed by atoms with Gasteiger partial charge < -0.3 is 4.98 Å². The van der Waals surface area contributed by atoms with Gasteiger partial charge in [-0.15, -0.1) is 0 Å². The number of rotatable bonds is 4. The lowest BCUT2D eigenvalue weighted by molar-refractivity contribution is -0.120. The molecule has 0 unspecified atom stereocenters. The Morgan fingerprint density at radius 3 is 2.57 bits per heavy atom. The van der Waals surface area contributed by atoms with Gasteiger partial charge in [-0.3, -0.25) is 15.2 Å². The van der Waals surface area contributed by atoms with E-state index in [2.05, 4.69) is 10.4 Å². The molecular weight excluding hydrogens is 262 g/mol. The van der Waals surface area contributed by atoms with Gasteiger partial charge in [0.1, 0.15) is 0 Å². The molecule has 0 spiro atoms. The summed E-state index contributed by atoms with van der Waals surface area (Å²) in [6, 6.07) is 19.7. The monoisotopic (exact) mass is 279 g/mol. The largest absolute Gasteiger partial charge is 0.358 e. The van der Waals surface area contributed by atoms with Crippen LogP contribution in [0.4, 0.5) is 5.69 Å². The molecule has 0 aliphatic heterocycles. The van der Waals surface area contributed by atoms with Gasteiger partial charge in [-0.05, 0) is 29.7 Å². The van der Waals surface area contributed by atoms with Gasteiger partial charge >= 0.3 is 0 Å². The normalized spacial score (nSPS) is 10.5. The number of carbonyl (C=O) groups excluding carboxylic acids is 1. The number of nitrogens with zero attached hydrogens (tertiary/aromatic N) is 1. The summed E-state index contributed by atoms with van der Waals surface area (Å²) >= 11 is 0. The SMILES string of the molecule is CN(NC(=O)Cc1cc2ccccc2[nH]1)c1ccccc1. The highest BCUT2D eigenvalue weighted by Crippen LogP contribution is 2.15. The van der Waals surface area contributed by atoms with Crippen molar-refractivity contribution in [1.82, 2.24) is 10.4 Å². The van der Waals surface area contributed by atoms with Gasteiger partial charge in [0.25, 0.3) is 0 Å². The van der Waals surface area contributed by atoms with E-state index in [0.29, 0.717) is 6.42 Å². The van der Waals surface area contributed by atoms with Crippen LogP contribution >= 0.6 is 0 Å². The molecule has 1 amide bonds. The number of amides is 1. The third-order valence-electron chi connectivity index (χ3n) is 3.37. The van der Waals surface area contributed by atoms with Crippen molar-refractivity contribution < 1.29 is 4.79 Å². The van der Waals surface area contributed by atoms with Crippen molar-refractivity contribution in [3.8, 4) is 0 Å². The number of H-pyrrole nitrogens is 1. The summed E-state index contributed by atoms with van der Waals surface area (Å²) in [5, 5.41) is 2.85. The van der Waals surface area contributed by atoms with Crippen LogP contribution in [0, 0.1) is 0 Å². The zero-order chi connectivity index (χ0) is 14.7. The summed E-state index contributed by atoms with van der Waals surface area (Å²) in [4.78, 5) is 15.4. The molecule has 3 rings (SSSR count). The molecule has 0 radical (unpaired) electrons. The minimum atomic E-state index is -0.0482. The molecular formula is C17H17N3O. The molecule has 0 aliphatic carbocycles. The van der Waals surface area contributed by atoms with Gasteiger partial charge in [0.15, 0.2) is 0 Å². The standard InChI is InChI=1S/C17H17N3O/c1-20(15-8-3-2-4-9-15)19-17(21)12-14-11-13-7-5-6-10-16(13)18-14/h2-11,18H,12H2,1H3,(H,19,21). The van der Waals surface area contributed by atoms with E-state index >= 15 is 0 Å². The first kappa shape index (κ1) is 13.2. The topological polar surface area (TPSA) is 48.1 Å². The Kier molecular flexibility index (Phi) is 3.60. The number of para-hydroxylation sites is 2. The van der Waals surface area contributed by atoms with Crippen LogP contribution in [0.25, 0.3) is 10.9 Å². The number of nitrogens with one attached hydrogen (secondary N) is 2. The van der Waals surface area contributed by atoms with E-state index in [1.54, 1.807) is 5.01 Å². The number of benzene rings is 2. The molecule has 3 aromatic rings. The number of hydrazine groups is 1. The lowest BCUT2D eigenvalue weighted by Crippen LogP contribution is -2.40. The fourth-order valence-electron chi connectivity index (χ4n) is 2.34. The zero-order valence-electron chi connectivity index (χ0n) is 11.8. The number of hydrogen-bond acceptors (Lipinski definition) is 2. The molecule has 2 aromatic carbocycles. The molecule has 21 heavy (non-hydrogen) atoms. The van der Waals surface area contributed by atoms with E-state index < -0.39 is 0 Å². The Hall–Kier alpha value is -2.75. The predicted molar refractivity (Wildman–Crippen MR) is 85.0 cm³/mol. The second-order valence-electron chi connectivity index (χ2n) is 4.99. The molecule has 0 saturated carbocycles. The summed E-state index contributed by atoms with van der Waals surface area (Å²) in [7, 11) is 1.83. The van der Waals surface area contributed by atoms with Crippen molar-refractivity contribution in [3.05, 3.63) is 66.4 Å². The van der Waals surface area contributed by atoms with Gasteiger partial charge in [-0.25, -0.2) is 0 Å². The molecule has 0 saturated heterocycles. The van der Waals surface area contributed by atoms with Crippen LogP contribution in [0.2, 0.25) is 0 Å². The highest BCUT2D eigenvalue weighted by Gasteiger charge is 2.09. The molecule has 0 aliphatic rings. The maximum atomic E-state index is 12.1. The Labute approximate surface area is 123 Å². The summed E-state index contributed by atoms with van der Waals surface area (Å²) < 4.78 is 0. The molecule has 1 heterocycles. The third-order valence-corrected chi connectivity index (χ3v) is 3.37. The Morgan fingerprint density at radius 1 is 1.10 bits per heavy atom. The number of anilines is 1. The molecule has 0 fully saturated rings. The third kappa shape index (κ3) is 3.05. The first-order valence-corrected chi connectivity index (χ1v) is 6.87. The average molecular weight is 279 g/mol. The minimum absolute atomic E-state index is 0.0482. The second-order valence-corrected chi connectivity index (χ2v) is 4.99. The Balaban J connectivity index is 1.66. The number of hydrogen-bond donors (Lipinski definition) is 2. The quantitative estimate of drug-likeness (QED) is 0.721. The van der Waals surface area contributed by atoms with E-state index in [1.807, 2.05) is 67.7 Å². The number of fused-ring (bicyclic) bond motifs is 1. The minimum Gasteiger partial charge on any atom is -0.358 e. The van der Waals surface area contributed by atoms with Crippen molar-refractivity contribution in [1.29, 1.82) is 0 Å². The Morgan fingerprint density at radius 2 is 1.81 bits per heavy atom. The molecule has 0 atom stereocenters. The van der Waals surface area contributed by atoms with Crippen molar-refractivity contribution in [2.45, 2.75) is 6.42 Å². The molecule has 0 bridgehead atoms. The van der Waals surface area contributed by atoms with E-state index in [4.69, 9.17) is 0 Å². The Bertz CT molecular complexity index is 716.